The molecule has 0 bridgehead atoms. The lowest BCUT2D eigenvalue weighted by molar-refractivity contribution is 0.373. The lowest BCUT2D eigenvalue weighted by atomic mass is 9.99. The fraction of sp³-hybridized carbons (Fsp3) is 0.333. The molecule has 21 heavy (non-hydrogen) atoms. The zero-order chi connectivity index (χ0) is 15.2. The van der Waals surface area contributed by atoms with Crippen LogP contribution in [0.15, 0.2) is 42.5 Å². The van der Waals surface area contributed by atoms with Crippen LogP contribution >= 0.6 is 0 Å². The van der Waals surface area contributed by atoms with Crippen molar-refractivity contribution in [1.29, 1.82) is 0 Å². The van der Waals surface area contributed by atoms with Gasteiger partial charge in [0.25, 0.3) is 0 Å². The number of ether oxygens (including phenoxy) is 1. The summed E-state index contributed by atoms with van der Waals surface area (Å²) in [5.74, 6) is 1.26. The molecule has 2 aromatic carbocycles. The molecule has 0 saturated heterocycles. The average Bonchev–Trinajstić information content (AvgIpc) is 2.52. The highest BCUT2D eigenvalue weighted by molar-refractivity contribution is 5.47. The van der Waals surface area contributed by atoms with E-state index >= 15 is 0 Å². The second kappa shape index (κ2) is 7.02. The highest BCUT2D eigenvalue weighted by atomic mass is 16.5. The van der Waals surface area contributed by atoms with Gasteiger partial charge in [0.15, 0.2) is 11.5 Å². The Hall–Kier alpha value is -2.16. The zero-order valence-corrected chi connectivity index (χ0v) is 12.9. The van der Waals surface area contributed by atoms with Crippen LogP contribution in [0.5, 0.6) is 11.5 Å². The van der Waals surface area contributed by atoms with Crippen molar-refractivity contribution >= 4 is 5.69 Å². The summed E-state index contributed by atoms with van der Waals surface area (Å²) < 4.78 is 5.04. The van der Waals surface area contributed by atoms with Crippen molar-refractivity contribution < 1.29 is 9.84 Å². The summed E-state index contributed by atoms with van der Waals surface area (Å²) >= 11 is 0. The molecule has 0 radical (unpaired) electrons. The lowest BCUT2D eigenvalue weighted by Crippen LogP contribution is -2.00. The standard InChI is InChI=1S/C18H23NO2/c1-4-13(2)15-6-8-16(9-7-15)19-12-14-5-10-18(21-3)17(20)11-14/h5-11,13,19-20H,4,12H2,1-3H3. The summed E-state index contributed by atoms with van der Waals surface area (Å²) in [5.41, 5.74) is 3.46. The molecule has 2 rings (SSSR count). The third kappa shape index (κ3) is 3.91. The number of rotatable bonds is 6. The van der Waals surface area contributed by atoms with Gasteiger partial charge in [-0.15, -0.1) is 0 Å². The van der Waals surface area contributed by atoms with E-state index in [2.05, 4.69) is 43.4 Å². The van der Waals surface area contributed by atoms with Gasteiger partial charge in [0.1, 0.15) is 0 Å². The quantitative estimate of drug-likeness (QED) is 0.819. The fourth-order valence-electron chi connectivity index (χ4n) is 2.21. The first-order valence-electron chi connectivity index (χ1n) is 7.33. The van der Waals surface area contributed by atoms with E-state index in [1.165, 1.54) is 5.56 Å². The topological polar surface area (TPSA) is 41.5 Å². The summed E-state index contributed by atoms with van der Waals surface area (Å²) in [5, 5.41) is 13.1. The molecule has 112 valence electrons. The first-order valence-corrected chi connectivity index (χ1v) is 7.33. The molecule has 3 nitrogen and oxygen atoms in total. The van der Waals surface area contributed by atoms with Crippen LogP contribution in [0, 0.1) is 0 Å². The Labute approximate surface area is 126 Å². The van der Waals surface area contributed by atoms with Crippen molar-refractivity contribution in [1.82, 2.24) is 0 Å². The van der Waals surface area contributed by atoms with Gasteiger partial charge in [0.2, 0.25) is 0 Å². The molecule has 2 aromatic rings. The van der Waals surface area contributed by atoms with Gasteiger partial charge >= 0.3 is 0 Å². The normalized spacial score (nSPS) is 12.0. The molecule has 0 heterocycles. The summed E-state index contributed by atoms with van der Waals surface area (Å²) in [6, 6.07) is 14.0. The monoisotopic (exact) mass is 285 g/mol. The van der Waals surface area contributed by atoms with E-state index < -0.39 is 0 Å². The van der Waals surface area contributed by atoms with E-state index in [0.717, 1.165) is 17.7 Å². The Morgan fingerprint density at radius 3 is 2.43 bits per heavy atom. The van der Waals surface area contributed by atoms with Crippen LogP contribution in [0.4, 0.5) is 5.69 Å². The number of anilines is 1. The van der Waals surface area contributed by atoms with Crippen LogP contribution in [-0.2, 0) is 6.54 Å². The maximum atomic E-state index is 9.76. The molecule has 0 aliphatic heterocycles. The molecule has 0 fully saturated rings. The SMILES string of the molecule is CCC(C)c1ccc(NCc2ccc(OC)c(O)c2)cc1. The zero-order valence-electron chi connectivity index (χ0n) is 12.9. The summed E-state index contributed by atoms with van der Waals surface area (Å²) in [7, 11) is 1.55. The maximum absolute atomic E-state index is 9.76. The van der Waals surface area contributed by atoms with Gasteiger partial charge in [0, 0.05) is 12.2 Å². The number of hydrogen-bond donors (Lipinski definition) is 2. The van der Waals surface area contributed by atoms with Gasteiger partial charge in [-0.1, -0.05) is 32.0 Å². The smallest absolute Gasteiger partial charge is 0.160 e. The molecule has 0 saturated carbocycles. The Kier molecular flexibility index (Phi) is 5.09. The second-order valence-corrected chi connectivity index (χ2v) is 5.29. The fourth-order valence-corrected chi connectivity index (χ4v) is 2.21. The molecule has 1 atom stereocenters. The summed E-state index contributed by atoms with van der Waals surface area (Å²) in [6.45, 7) is 5.11. The maximum Gasteiger partial charge on any atom is 0.160 e. The second-order valence-electron chi connectivity index (χ2n) is 5.29. The molecule has 1 unspecified atom stereocenters. The Bertz CT molecular complexity index is 578. The molecule has 2 N–H and O–H groups in total. The van der Waals surface area contributed by atoms with Crippen molar-refractivity contribution in [2.24, 2.45) is 0 Å². The van der Waals surface area contributed by atoms with Gasteiger partial charge < -0.3 is 15.2 Å². The molecule has 0 aliphatic carbocycles. The molecule has 3 heteroatoms. The van der Waals surface area contributed by atoms with Crippen molar-refractivity contribution in [2.45, 2.75) is 32.7 Å². The van der Waals surface area contributed by atoms with Gasteiger partial charge in [-0.05, 0) is 47.7 Å². The van der Waals surface area contributed by atoms with Crippen molar-refractivity contribution in [2.75, 3.05) is 12.4 Å². The average molecular weight is 285 g/mol. The summed E-state index contributed by atoms with van der Waals surface area (Å²) in [6.07, 6.45) is 1.15. The first-order chi connectivity index (χ1) is 10.1. The van der Waals surface area contributed by atoms with Crippen LogP contribution in [0.25, 0.3) is 0 Å². The molecule has 0 aliphatic rings. The minimum atomic E-state index is 0.170. The minimum Gasteiger partial charge on any atom is -0.504 e. The van der Waals surface area contributed by atoms with E-state index in [1.807, 2.05) is 6.07 Å². The number of phenolic OH excluding ortho intramolecular Hbond substituents is 1. The Balaban J connectivity index is 1.98. The lowest BCUT2D eigenvalue weighted by Gasteiger charge is -2.12. The Morgan fingerprint density at radius 2 is 1.86 bits per heavy atom. The third-order valence-corrected chi connectivity index (χ3v) is 3.83. The number of hydrogen-bond acceptors (Lipinski definition) is 3. The Morgan fingerprint density at radius 1 is 1.14 bits per heavy atom. The van der Waals surface area contributed by atoms with Gasteiger partial charge in [0.05, 0.1) is 7.11 Å². The predicted octanol–water partition coefficient (Wildman–Crippen LogP) is 4.53. The molecule has 0 spiro atoms. The van der Waals surface area contributed by atoms with E-state index in [9.17, 15) is 5.11 Å². The van der Waals surface area contributed by atoms with Crippen LogP contribution in [0.2, 0.25) is 0 Å². The predicted molar refractivity (Wildman–Crippen MR) is 87.1 cm³/mol. The first kappa shape index (κ1) is 15.2. The van der Waals surface area contributed by atoms with E-state index in [1.54, 1.807) is 19.2 Å². The van der Waals surface area contributed by atoms with E-state index in [-0.39, 0.29) is 5.75 Å². The number of benzene rings is 2. The van der Waals surface area contributed by atoms with Gasteiger partial charge in [-0.2, -0.15) is 0 Å². The number of phenols is 1. The van der Waals surface area contributed by atoms with Crippen LogP contribution in [0.3, 0.4) is 0 Å². The van der Waals surface area contributed by atoms with Crippen LogP contribution < -0.4 is 10.1 Å². The molecule has 0 aromatic heterocycles. The van der Waals surface area contributed by atoms with Crippen LogP contribution in [0.1, 0.15) is 37.3 Å². The van der Waals surface area contributed by atoms with Crippen molar-refractivity contribution in [3.63, 3.8) is 0 Å². The number of nitrogens with one attached hydrogen (secondary N) is 1. The summed E-state index contributed by atoms with van der Waals surface area (Å²) in [4.78, 5) is 0. The van der Waals surface area contributed by atoms with Crippen molar-refractivity contribution in [3.8, 4) is 11.5 Å². The van der Waals surface area contributed by atoms with Gasteiger partial charge in [-0.25, -0.2) is 0 Å². The molecular formula is C18H23NO2. The molecular weight excluding hydrogens is 262 g/mol. The van der Waals surface area contributed by atoms with Crippen molar-refractivity contribution in [3.05, 3.63) is 53.6 Å². The highest BCUT2D eigenvalue weighted by Gasteiger charge is 2.04. The van der Waals surface area contributed by atoms with Crippen LogP contribution in [-0.4, -0.2) is 12.2 Å². The third-order valence-electron chi connectivity index (χ3n) is 3.83. The van der Waals surface area contributed by atoms with E-state index in [4.69, 9.17) is 4.74 Å². The molecule has 0 amide bonds. The number of aromatic hydroxyl groups is 1. The van der Waals surface area contributed by atoms with Gasteiger partial charge in [-0.3, -0.25) is 0 Å². The number of methoxy groups -OCH3 is 1. The minimum absolute atomic E-state index is 0.170. The highest BCUT2D eigenvalue weighted by Crippen LogP contribution is 2.26. The van der Waals surface area contributed by atoms with E-state index in [0.29, 0.717) is 18.2 Å². The largest absolute Gasteiger partial charge is 0.504 e.